The molecule has 4 amide bonds. The number of rotatable bonds is 2. The number of hydrogen-bond donors (Lipinski definition) is 0. The topological polar surface area (TPSA) is 74.8 Å². The summed E-state index contributed by atoms with van der Waals surface area (Å²) in [6.07, 6.45) is 9.97. The van der Waals surface area contributed by atoms with Gasteiger partial charge >= 0.3 is 0 Å². The van der Waals surface area contributed by atoms with E-state index in [4.69, 9.17) is 0 Å². The maximum atomic E-state index is 13.3. The van der Waals surface area contributed by atoms with Crippen LogP contribution in [0.25, 0.3) is 0 Å². The largest absolute Gasteiger partial charge is 0.274 e. The Morgan fingerprint density at radius 3 is 1.13 bits per heavy atom. The Balaban J connectivity index is 1.30. The average molecular weight is 400 g/mol. The van der Waals surface area contributed by atoms with E-state index in [9.17, 15) is 19.2 Å². The van der Waals surface area contributed by atoms with Crippen molar-refractivity contribution in [2.24, 2.45) is 47.3 Å². The van der Waals surface area contributed by atoms with Crippen LogP contribution in [0.5, 0.6) is 0 Å². The number of imide groups is 2. The summed E-state index contributed by atoms with van der Waals surface area (Å²) in [6, 6.07) is 6.86. The molecule has 4 bridgehead atoms. The molecule has 150 valence electrons. The van der Waals surface area contributed by atoms with Crippen LogP contribution in [-0.2, 0) is 19.2 Å². The third kappa shape index (κ3) is 1.77. The molecule has 6 aliphatic rings. The Morgan fingerprint density at radius 1 is 0.533 bits per heavy atom. The van der Waals surface area contributed by atoms with Gasteiger partial charge in [0.15, 0.2) is 0 Å². The molecule has 0 spiro atoms. The van der Waals surface area contributed by atoms with Gasteiger partial charge in [0.05, 0.1) is 35.0 Å². The molecule has 8 atom stereocenters. The summed E-state index contributed by atoms with van der Waals surface area (Å²) in [5.41, 5.74) is 0.728. The molecule has 0 aromatic heterocycles. The van der Waals surface area contributed by atoms with E-state index < -0.39 is 0 Å². The Hall–Kier alpha value is -3.02. The van der Waals surface area contributed by atoms with Crippen LogP contribution in [0.15, 0.2) is 48.6 Å². The molecule has 2 saturated carbocycles. The van der Waals surface area contributed by atoms with Gasteiger partial charge in [0.1, 0.15) is 0 Å². The number of fused-ring (bicyclic) bond motifs is 10. The lowest BCUT2D eigenvalue weighted by atomic mass is 9.85. The number of amides is 4. The molecule has 1 aromatic carbocycles. The van der Waals surface area contributed by atoms with Crippen LogP contribution in [0.1, 0.15) is 12.8 Å². The first kappa shape index (κ1) is 16.7. The monoisotopic (exact) mass is 400 g/mol. The highest BCUT2D eigenvalue weighted by molar-refractivity contribution is 6.28. The Labute approximate surface area is 173 Å². The number of benzene rings is 1. The minimum atomic E-state index is -0.315. The van der Waals surface area contributed by atoms with E-state index in [1.54, 1.807) is 24.3 Å². The molecular weight excluding hydrogens is 380 g/mol. The third-order valence-corrected chi connectivity index (χ3v) is 8.30. The number of anilines is 2. The van der Waals surface area contributed by atoms with Crippen molar-refractivity contribution in [3.63, 3.8) is 0 Å². The number of allylic oxidation sites excluding steroid dienone is 4. The van der Waals surface area contributed by atoms with Crippen LogP contribution in [0.2, 0.25) is 0 Å². The first-order valence-corrected chi connectivity index (χ1v) is 10.8. The summed E-state index contributed by atoms with van der Waals surface area (Å²) in [7, 11) is 0. The lowest BCUT2D eigenvalue weighted by molar-refractivity contribution is -0.125. The molecule has 7 rings (SSSR count). The van der Waals surface area contributed by atoms with Gasteiger partial charge in [-0.3, -0.25) is 19.2 Å². The van der Waals surface area contributed by atoms with E-state index in [2.05, 4.69) is 24.3 Å². The lowest BCUT2D eigenvalue weighted by Crippen LogP contribution is -2.37. The van der Waals surface area contributed by atoms with E-state index in [0.717, 1.165) is 12.8 Å². The van der Waals surface area contributed by atoms with Gasteiger partial charge < -0.3 is 0 Å². The molecular formula is C24H20N2O4. The van der Waals surface area contributed by atoms with Crippen LogP contribution in [0.3, 0.4) is 0 Å². The smallest absolute Gasteiger partial charge is 0.238 e. The summed E-state index contributed by atoms with van der Waals surface area (Å²) in [6.45, 7) is 0. The predicted octanol–water partition coefficient (Wildman–Crippen LogP) is 2.31. The average Bonchev–Trinajstić information content (AvgIpc) is 3.56. The predicted molar refractivity (Wildman–Crippen MR) is 107 cm³/mol. The second-order valence-electron chi connectivity index (χ2n) is 9.51. The first-order chi connectivity index (χ1) is 14.6. The molecule has 2 heterocycles. The van der Waals surface area contributed by atoms with Crippen molar-refractivity contribution in [3.05, 3.63) is 48.6 Å². The van der Waals surface area contributed by atoms with Gasteiger partial charge in [-0.1, -0.05) is 36.4 Å². The maximum Gasteiger partial charge on any atom is 0.238 e. The summed E-state index contributed by atoms with van der Waals surface area (Å²) in [5, 5.41) is 0. The zero-order valence-corrected chi connectivity index (χ0v) is 16.2. The fourth-order valence-corrected chi connectivity index (χ4v) is 7.12. The minimum Gasteiger partial charge on any atom is -0.274 e. The number of hydrogen-bond acceptors (Lipinski definition) is 4. The van der Waals surface area contributed by atoms with E-state index in [1.165, 1.54) is 9.80 Å². The van der Waals surface area contributed by atoms with E-state index in [0.29, 0.717) is 11.4 Å². The second-order valence-corrected chi connectivity index (χ2v) is 9.51. The molecule has 2 aliphatic heterocycles. The molecule has 30 heavy (non-hydrogen) atoms. The normalized spacial score (nSPS) is 42.3. The molecule has 4 fully saturated rings. The minimum absolute atomic E-state index is 0.115. The number of para-hydroxylation sites is 2. The van der Waals surface area contributed by atoms with Crippen LogP contribution >= 0.6 is 0 Å². The van der Waals surface area contributed by atoms with Crippen LogP contribution in [0, 0.1) is 47.3 Å². The fourth-order valence-electron chi connectivity index (χ4n) is 7.12. The number of nitrogens with zero attached hydrogens (tertiary/aromatic N) is 2. The van der Waals surface area contributed by atoms with Crippen LogP contribution < -0.4 is 9.80 Å². The van der Waals surface area contributed by atoms with Crippen molar-refractivity contribution in [1.82, 2.24) is 0 Å². The summed E-state index contributed by atoms with van der Waals surface area (Å²) in [4.78, 5) is 55.7. The van der Waals surface area contributed by atoms with Crippen molar-refractivity contribution < 1.29 is 19.2 Å². The Kier molecular flexibility index (Phi) is 2.99. The highest BCUT2D eigenvalue weighted by Crippen LogP contribution is 2.56. The van der Waals surface area contributed by atoms with Gasteiger partial charge in [-0.2, -0.15) is 0 Å². The standard InChI is InChI=1S/C24H20N2O4/c27-21-17-11-5-6-12(9-11)18(17)22(28)25(21)15-3-1-2-4-16(15)26-23(29)19-13-7-8-14(10-13)20(19)24(26)30/h1-8,11-14,17-20H,9-10H2/t11-,12-,13-,14+,17-,18+,19-,20+/m0/s1. The SMILES string of the molecule is O=C1[C@@H]2[C@H](C(=O)N1c1ccccc1N1C(=O)[C@@H]3[C@H](C1=O)[C@H]1C=C[C@H]3C1)[C@@H]1C=C[C@H]2C1. The van der Waals surface area contributed by atoms with Crippen LogP contribution in [-0.4, -0.2) is 23.6 Å². The Bertz CT molecular complexity index is 973. The lowest BCUT2D eigenvalue weighted by Gasteiger charge is -2.25. The number of carbonyl (C=O) groups is 4. The molecule has 4 aliphatic carbocycles. The summed E-state index contributed by atoms with van der Waals surface area (Å²) < 4.78 is 0. The summed E-state index contributed by atoms with van der Waals surface area (Å²) >= 11 is 0. The third-order valence-electron chi connectivity index (χ3n) is 8.30. The van der Waals surface area contributed by atoms with Crippen LogP contribution in [0.4, 0.5) is 11.4 Å². The molecule has 0 unspecified atom stereocenters. The van der Waals surface area contributed by atoms with Crippen molar-refractivity contribution in [2.45, 2.75) is 12.8 Å². The van der Waals surface area contributed by atoms with Gasteiger partial charge in [0, 0.05) is 0 Å². The van der Waals surface area contributed by atoms with Crippen molar-refractivity contribution in [1.29, 1.82) is 0 Å². The van der Waals surface area contributed by atoms with Gasteiger partial charge in [0.2, 0.25) is 23.6 Å². The number of carbonyl (C=O) groups excluding carboxylic acids is 4. The van der Waals surface area contributed by atoms with Gasteiger partial charge in [-0.15, -0.1) is 0 Å². The van der Waals surface area contributed by atoms with Gasteiger partial charge in [0.25, 0.3) is 0 Å². The van der Waals surface area contributed by atoms with Gasteiger partial charge in [-0.05, 0) is 48.6 Å². The zero-order chi connectivity index (χ0) is 20.3. The second kappa shape index (κ2) is 5.36. The molecule has 6 heteroatoms. The van der Waals surface area contributed by atoms with Crippen molar-refractivity contribution in [2.75, 3.05) is 9.80 Å². The van der Waals surface area contributed by atoms with Gasteiger partial charge in [-0.25, -0.2) is 9.80 Å². The maximum absolute atomic E-state index is 13.3. The molecule has 6 nitrogen and oxygen atoms in total. The highest BCUT2D eigenvalue weighted by Gasteiger charge is 2.62. The van der Waals surface area contributed by atoms with E-state index in [1.807, 2.05) is 0 Å². The molecule has 1 aromatic rings. The molecule has 0 radical (unpaired) electrons. The fraction of sp³-hybridized carbons (Fsp3) is 0.417. The zero-order valence-electron chi connectivity index (χ0n) is 16.2. The quantitative estimate of drug-likeness (QED) is 0.564. The highest BCUT2D eigenvalue weighted by atomic mass is 16.2. The molecule has 0 N–H and O–H groups in total. The Morgan fingerprint density at radius 2 is 0.833 bits per heavy atom. The van der Waals surface area contributed by atoms with E-state index in [-0.39, 0.29) is 71.0 Å². The van der Waals surface area contributed by atoms with Crippen molar-refractivity contribution in [3.8, 4) is 0 Å². The first-order valence-electron chi connectivity index (χ1n) is 10.8. The summed E-state index contributed by atoms with van der Waals surface area (Å²) in [5.74, 6) is -1.59. The molecule has 2 saturated heterocycles. The van der Waals surface area contributed by atoms with E-state index >= 15 is 0 Å². The van der Waals surface area contributed by atoms with Crippen molar-refractivity contribution >= 4 is 35.0 Å².